The standard InChI is InChI=1S/C17H16ClN5OS/c1-23-16(11-5-3-4-6-12(11)24-2)21-22-17(23)25-14-9-13(18)19-15(20-14)10-7-8-10/h3-6,9-10H,7-8H2,1-2H3. The monoisotopic (exact) mass is 373 g/mol. The maximum absolute atomic E-state index is 6.14. The number of aromatic nitrogens is 5. The van der Waals surface area contributed by atoms with Gasteiger partial charge in [0.25, 0.3) is 0 Å². The van der Waals surface area contributed by atoms with Gasteiger partial charge in [-0.25, -0.2) is 9.97 Å². The van der Waals surface area contributed by atoms with Crippen LogP contribution in [0.15, 0.2) is 40.5 Å². The van der Waals surface area contributed by atoms with Crippen molar-refractivity contribution in [2.45, 2.75) is 28.9 Å². The van der Waals surface area contributed by atoms with Gasteiger partial charge in [-0.1, -0.05) is 23.7 Å². The van der Waals surface area contributed by atoms with E-state index >= 15 is 0 Å². The van der Waals surface area contributed by atoms with Gasteiger partial charge in [-0.05, 0) is 36.7 Å². The van der Waals surface area contributed by atoms with E-state index in [0.29, 0.717) is 11.1 Å². The highest BCUT2D eigenvalue weighted by Gasteiger charge is 2.27. The molecular formula is C17H16ClN5OS. The van der Waals surface area contributed by atoms with E-state index in [1.54, 1.807) is 13.2 Å². The molecule has 1 aromatic carbocycles. The third-order valence-electron chi connectivity index (χ3n) is 4.01. The molecule has 1 aliphatic rings. The van der Waals surface area contributed by atoms with Crippen molar-refractivity contribution in [3.63, 3.8) is 0 Å². The van der Waals surface area contributed by atoms with Gasteiger partial charge in [0.1, 0.15) is 21.8 Å². The van der Waals surface area contributed by atoms with Gasteiger partial charge in [-0.15, -0.1) is 10.2 Å². The summed E-state index contributed by atoms with van der Waals surface area (Å²) in [5.74, 6) is 2.77. The average molecular weight is 374 g/mol. The summed E-state index contributed by atoms with van der Waals surface area (Å²) in [4.78, 5) is 8.93. The Hall–Kier alpha value is -2.12. The van der Waals surface area contributed by atoms with Gasteiger partial charge in [-0.2, -0.15) is 0 Å². The Bertz CT molecular complexity index is 925. The highest BCUT2D eigenvalue weighted by molar-refractivity contribution is 7.99. The Labute approximate surface area is 154 Å². The van der Waals surface area contributed by atoms with Crippen LogP contribution in [0.5, 0.6) is 5.75 Å². The number of ether oxygens (including phenoxy) is 1. The molecule has 2 aromatic heterocycles. The third-order valence-corrected chi connectivity index (χ3v) is 5.16. The van der Waals surface area contributed by atoms with Crippen molar-refractivity contribution in [1.82, 2.24) is 24.7 Å². The van der Waals surface area contributed by atoms with Gasteiger partial charge in [0.2, 0.25) is 0 Å². The van der Waals surface area contributed by atoms with Crippen LogP contribution in [-0.4, -0.2) is 31.8 Å². The first-order valence-corrected chi connectivity index (χ1v) is 9.10. The fourth-order valence-corrected chi connectivity index (χ4v) is 3.61. The summed E-state index contributed by atoms with van der Waals surface area (Å²) < 4.78 is 7.35. The van der Waals surface area contributed by atoms with Crippen LogP contribution in [0.3, 0.4) is 0 Å². The molecule has 0 atom stereocenters. The zero-order chi connectivity index (χ0) is 17.4. The van der Waals surface area contributed by atoms with Crippen molar-refractivity contribution in [3.8, 4) is 17.1 Å². The largest absolute Gasteiger partial charge is 0.496 e. The second-order valence-corrected chi connectivity index (χ2v) is 7.20. The Balaban J connectivity index is 1.66. The maximum Gasteiger partial charge on any atom is 0.197 e. The zero-order valence-corrected chi connectivity index (χ0v) is 15.4. The molecule has 3 aromatic rings. The summed E-state index contributed by atoms with van der Waals surface area (Å²) in [5, 5.41) is 10.6. The Kier molecular flexibility index (Phi) is 4.35. The molecule has 1 aliphatic carbocycles. The quantitative estimate of drug-likeness (QED) is 0.630. The van der Waals surface area contributed by atoms with Crippen LogP contribution in [0.2, 0.25) is 5.15 Å². The van der Waals surface area contributed by atoms with Crippen LogP contribution in [0.4, 0.5) is 0 Å². The van der Waals surface area contributed by atoms with Crippen molar-refractivity contribution in [2.24, 2.45) is 7.05 Å². The molecule has 0 aliphatic heterocycles. The van der Waals surface area contributed by atoms with Crippen LogP contribution < -0.4 is 4.74 Å². The molecule has 0 bridgehead atoms. The molecule has 2 heterocycles. The molecule has 8 heteroatoms. The summed E-state index contributed by atoms with van der Waals surface area (Å²) in [7, 11) is 3.57. The maximum atomic E-state index is 6.14. The zero-order valence-electron chi connectivity index (χ0n) is 13.8. The Morgan fingerprint density at radius 2 is 2.00 bits per heavy atom. The SMILES string of the molecule is COc1ccccc1-c1nnc(Sc2cc(Cl)nc(C3CC3)n2)n1C. The minimum Gasteiger partial charge on any atom is -0.496 e. The summed E-state index contributed by atoms with van der Waals surface area (Å²) >= 11 is 7.57. The molecular weight excluding hydrogens is 358 g/mol. The molecule has 0 unspecified atom stereocenters. The van der Waals surface area contributed by atoms with Gasteiger partial charge in [-0.3, -0.25) is 0 Å². The molecule has 0 amide bonds. The fraction of sp³-hybridized carbons (Fsp3) is 0.294. The number of benzene rings is 1. The smallest absolute Gasteiger partial charge is 0.197 e. The summed E-state index contributed by atoms with van der Waals surface area (Å²) in [5.41, 5.74) is 0.895. The summed E-state index contributed by atoms with van der Waals surface area (Å²) in [6.07, 6.45) is 2.26. The molecule has 128 valence electrons. The first kappa shape index (κ1) is 16.4. The minimum absolute atomic E-state index is 0.446. The van der Waals surface area contributed by atoms with E-state index in [-0.39, 0.29) is 0 Å². The van der Waals surface area contributed by atoms with E-state index in [0.717, 1.165) is 46.0 Å². The normalized spacial score (nSPS) is 13.9. The molecule has 1 saturated carbocycles. The molecule has 0 radical (unpaired) electrons. The molecule has 1 fully saturated rings. The number of para-hydroxylation sites is 1. The Morgan fingerprint density at radius 3 is 2.76 bits per heavy atom. The van der Waals surface area contributed by atoms with Crippen LogP contribution in [0, 0.1) is 0 Å². The Morgan fingerprint density at radius 1 is 1.20 bits per heavy atom. The van der Waals surface area contributed by atoms with Crippen molar-refractivity contribution < 1.29 is 4.74 Å². The minimum atomic E-state index is 0.446. The van der Waals surface area contributed by atoms with Gasteiger partial charge in [0, 0.05) is 19.0 Å². The molecule has 0 spiro atoms. The van der Waals surface area contributed by atoms with Gasteiger partial charge in [0.05, 0.1) is 12.7 Å². The lowest BCUT2D eigenvalue weighted by Gasteiger charge is -2.08. The fourth-order valence-electron chi connectivity index (χ4n) is 2.55. The first-order chi connectivity index (χ1) is 12.2. The number of hydrogen-bond acceptors (Lipinski definition) is 6. The second kappa shape index (κ2) is 6.65. The number of nitrogens with zero attached hydrogens (tertiary/aromatic N) is 5. The summed E-state index contributed by atoms with van der Waals surface area (Å²) in [6, 6.07) is 9.50. The lowest BCUT2D eigenvalue weighted by atomic mass is 10.2. The number of methoxy groups -OCH3 is 1. The van der Waals surface area contributed by atoms with Crippen LogP contribution in [0.1, 0.15) is 24.6 Å². The van der Waals surface area contributed by atoms with Gasteiger partial charge >= 0.3 is 0 Å². The van der Waals surface area contributed by atoms with Crippen molar-refractivity contribution in [3.05, 3.63) is 41.3 Å². The average Bonchev–Trinajstić information content (AvgIpc) is 3.40. The van der Waals surface area contributed by atoms with E-state index in [2.05, 4.69) is 20.2 Å². The van der Waals surface area contributed by atoms with Crippen molar-refractivity contribution >= 4 is 23.4 Å². The van der Waals surface area contributed by atoms with E-state index in [1.807, 2.05) is 35.9 Å². The van der Waals surface area contributed by atoms with Crippen molar-refractivity contribution in [2.75, 3.05) is 7.11 Å². The second-order valence-electron chi connectivity index (χ2n) is 5.83. The molecule has 6 nitrogen and oxygen atoms in total. The van der Waals surface area contributed by atoms with E-state index < -0.39 is 0 Å². The predicted octanol–water partition coefficient (Wildman–Crippen LogP) is 3.96. The lowest BCUT2D eigenvalue weighted by Crippen LogP contribution is -1.98. The van der Waals surface area contributed by atoms with Crippen molar-refractivity contribution in [1.29, 1.82) is 0 Å². The topological polar surface area (TPSA) is 65.7 Å². The summed E-state index contributed by atoms with van der Waals surface area (Å²) in [6.45, 7) is 0. The number of halogens is 1. The van der Waals surface area contributed by atoms with Crippen LogP contribution >= 0.6 is 23.4 Å². The molecule has 4 rings (SSSR count). The predicted molar refractivity (Wildman–Crippen MR) is 96.1 cm³/mol. The highest BCUT2D eigenvalue weighted by Crippen LogP contribution is 2.40. The number of rotatable bonds is 5. The van der Waals surface area contributed by atoms with E-state index in [4.69, 9.17) is 16.3 Å². The molecule has 0 N–H and O–H groups in total. The molecule has 0 saturated heterocycles. The molecule has 25 heavy (non-hydrogen) atoms. The third kappa shape index (κ3) is 3.34. The lowest BCUT2D eigenvalue weighted by molar-refractivity contribution is 0.416. The van der Waals surface area contributed by atoms with Gasteiger partial charge < -0.3 is 9.30 Å². The number of hydrogen-bond donors (Lipinski definition) is 0. The van der Waals surface area contributed by atoms with Crippen LogP contribution in [-0.2, 0) is 7.05 Å². The highest BCUT2D eigenvalue weighted by atomic mass is 35.5. The van der Waals surface area contributed by atoms with Gasteiger partial charge in [0.15, 0.2) is 11.0 Å². The van der Waals surface area contributed by atoms with Crippen LogP contribution in [0.25, 0.3) is 11.4 Å². The first-order valence-electron chi connectivity index (χ1n) is 7.91. The van der Waals surface area contributed by atoms with E-state index in [9.17, 15) is 0 Å². The van der Waals surface area contributed by atoms with E-state index in [1.165, 1.54) is 11.8 Å².